The van der Waals surface area contributed by atoms with Crippen molar-refractivity contribution >= 4 is 5.97 Å². The lowest BCUT2D eigenvalue weighted by Gasteiger charge is -2.06. The van der Waals surface area contributed by atoms with Crippen LogP contribution in [0.2, 0.25) is 0 Å². The van der Waals surface area contributed by atoms with E-state index in [0.29, 0.717) is 5.89 Å². The number of carboxylic acids is 1. The number of aliphatic carboxylic acids is 1. The Balaban J connectivity index is 2.26. The van der Waals surface area contributed by atoms with E-state index in [1.54, 1.807) is 0 Å². The minimum atomic E-state index is -0.781. The predicted octanol–water partition coefficient (Wildman–Crippen LogP) is 1.80. The van der Waals surface area contributed by atoms with Crippen molar-refractivity contribution in [3.8, 4) is 0 Å². The third-order valence-corrected chi connectivity index (χ3v) is 2.83. The largest absolute Gasteiger partial charge is 0.481 e. The SMILES string of the molecule is Cc1nc(C2(CC(=O)O)CC2)oc1C. The zero-order chi connectivity index (χ0) is 10.3. The van der Waals surface area contributed by atoms with E-state index in [4.69, 9.17) is 9.52 Å². The Labute approximate surface area is 81.9 Å². The molecule has 0 radical (unpaired) electrons. The topological polar surface area (TPSA) is 63.3 Å². The van der Waals surface area contributed by atoms with Crippen molar-refractivity contribution in [3.63, 3.8) is 0 Å². The van der Waals surface area contributed by atoms with Crippen molar-refractivity contribution in [3.05, 3.63) is 17.3 Å². The van der Waals surface area contributed by atoms with E-state index < -0.39 is 5.97 Å². The second kappa shape index (κ2) is 2.83. The summed E-state index contributed by atoms with van der Waals surface area (Å²) in [5.74, 6) is 0.613. The number of oxazole rings is 1. The maximum atomic E-state index is 10.7. The fraction of sp³-hybridized carbons (Fsp3) is 0.600. The van der Waals surface area contributed by atoms with Gasteiger partial charge in [-0.3, -0.25) is 4.79 Å². The van der Waals surface area contributed by atoms with Gasteiger partial charge in [0.25, 0.3) is 0 Å². The molecule has 4 heteroatoms. The predicted molar refractivity (Wildman–Crippen MR) is 49.1 cm³/mol. The number of carboxylic acid groups (broad SMARTS) is 1. The second-order valence-electron chi connectivity index (χ2n) is 4.01. The van der Waals surface area contributed by atoms with Gasteiger partial charge in [-0.05, 0) is 26.7 Å². The molecule has 1 aromatic heterocycles. The molecular weight excluding hydrogens is 182 g/mol. The van der Waals surface area contributed by atoms with Crippen LogP contribution in [0.4, 0.5) is 0 Å². The monoisotopic (exact) mass is 195 g/mol. The molecule has 0 unspecified atom stereocenters. The van der Waals surface area contributed by atoms with Crippen LogP contribution in [0.15, 0.2) is 4.42 Å². The first-order valence-electron chi connectivity index (χ1n) is 4.70. The summed E-state index contributed by atoms with van der Waals surface area (Å²) in [6, 6.07) is 0. The third-order valence-electron chi connectivity index (χ3n) is 2.83. The van der Waals surface area contributed by atoms with Crippen molar-refractivity contribution in [2.75, 3.05) is 0 Å². The Hall–Kier alpha value is -1.32. The number of carbonyl (C=O) groups is 1. The van der Waals surface area contributed by atoms with Crippen LogP contribution in [0, 0.1) is 13.8 Å². The van der Waals surface area contributed by atoms with Crippen LogP contribution >= 0.6 is 0 Å². The summed E-state index contributed by atoms with van der Waals surface area (Å²) in [6.07, 6.45) is 1.88. The molecule has 1 aromatic rings. The molecule has 4 nitrogen and oxygen atoms in total. The average Bonchev–Trinajstić information content (AvgIpc) is 2.75. The van der Waals surface area contributed by atoms with Crippen LogP contribution in [0.5, 0.6) is 0 Å². The van der Waals surface area contributed by atoms with E-state index in [-0.39, 0.29) is 11.8 Å². The van der Waals surface area contributed by atoms with Gasteiger partial charge in [0.05, 0.1) is 17.5 Å². The van der Waals surface area contributed by atoms with Gasteiger partial charge in [0.15, 0.2) is 0 Å². The summed E-state index contributed by atoms with van der Waals surface area (Å²) in [7, 11) is 0. The summed E-state index contributed by atoms with van der Waals surface area (Å²) in [5.41, 5.74) is 0.557. The molecule has 1 saturated carbocycles. The summed E-state index contributed by atoms with van der Waals surface area (Å²) >= 11 is 0. The molecule has 0 bridgehead atoms. The fourth-order valence-electron chi connectivity index (χ4n) is 1.61. The molecular formula is C10H13NO3. The van der Waals surface area contributed by atoms with E-state index in [2.05, 4.69) is 4.98 Å². The Bertz CT molecular complexity index is 357. The highest BCUT2D eigenvalue weighted by Crippen LogP contribution is 2.50. The van der Waals surface area contributed by atoms with Crippen molar-refractivity contribution < 1.29 is 14.3 Å². The van der Waals surface area contributed by atoms with Crippen molar-refractivity contribution in [1.29, 1.82) is 0 Å². The molecule has 0 amide bonds. The van der Waals surface area contributed by atoms with Gasteiger partial charge in [-0.15, -0.1) is 0 Å². The van der Waals surface area contributed by atoms with E-state index in [1.807, 2.05) is 13.8 Å². The number of hydrogen-bond donors (Lipinski definition) is 1. The molecule has 14 heavy (non-hydrogen) atoms. The average molecular weight is 195 g/mol. The van der Waals surface area contributed by atoms with Gasteiger partial charge in [-0.25, -0.2) is 4.98 Å². The van der Waals surface area contributed by atoms with Crippen molar-refractivity contribution in [2.24, 2.45) is 0 Å². The molecule has 76 valence electrons. The number of nitrogens with zero attached hydrogens (tertiary/aromatic N) is 1. The first kappa shape index (κ1) is 9.24. The zero-order valence-electron chi connectivity index (χ0n) is 8.33. The molecule has 0 aliphatic heterocycles. The lowest BCUT2D eigenvalue weighted by atomic mass is 10.0. The lowest BCUT2D eigenvalue weighted by molar-refractivity contribution is -0.137. The highest BCUT2D eigenvalue weighted by Gasteiger charge is 2.50. The number of rotatable bonds is 3. The van der Waals surface area contributed by atoms with Crippen LogP contribution in [0.3, 0.4) is 0 Å². The van der Waals surface area contributed by atoms with Gasteiger partial charge < -0.3 is 9.52 Å². The summed E-state index contributed by atoms with van der Waals surface area (Å²) in [6.45, 7) is 3.72. The molecule has 2 rings (SSSR count). The number of hydrogen-bond acceptors (Lipinski definition) is 3. The Kier molecular flexibility index (Phi) is 1.87. The van der Waals surface area contributed by atoms with Gasteiger partial charge >= 0.3 is 5.97 Å². The molecule has 1 aliphatic carbocycles. The molecule has 0 atom stereocenters. The third kappa shape index (κ3) is 1.41. The van der Waals surface area contributed by atoms with Gasteiger partial charge in [-0.1, -0.05) is 0 Å². The molecule has 0 aromatic carbocycles. The van der Waals surface area contributed by atoms with Gasteiger partial charge in [0, 0.05) is 0 Å². The second-order valence-corrected chi connectivity index (χ2v) is 4.01. The minimum absolute atomic E-state index is 0.131. The molecule has 1 aliphatic rings. The highest BCUT2D eigenvalue weighted by atomic mass is 16.4. The van der Waals surface area contributed by atoms with Crippen LogP contribution < -0.4 is 0 Å². The first-order chi connectivity index (χ1) is 6.53. The van der Waals surface area contributed by atoms with E-state index in [9.17, 15) is 4.79 Å². The van der Waals surface area contributed by atoms with E-state index >= 15 is 0 Å². The van der Waals surface area contributed by atoms with E-state index in [0.717, 1.165) is 24.3 Å². The van der Waals surface area contributed by atoms with Crippen LogP contribution in [-0.2, 0) is 10.2 Å². The summed E-state index contributed by atoms with van der Waals surface area (Å²) in [5, 5.41) is 8.76. The number of aromatic nitrogens is 1. The Morgan fingerprint density at radius 3 is 2.57 bits per heavy atom. The maximum absolute atomic E-state index is 10.7. The van der Waals surface area contributed by atoms with Crippen LogP contribution in [0.25, 0.3) is 0 Å². The molecule has 1 N–H and O–H groups in total. The summed E-state index contributed by atoms with van der Waals surface area (Å²) in [4.78, 5) is 14.9. The first-order valence-corrected chi connectivity index (χ1v) is 4.70. The van der Waals surface area contributed by atoms with Crippen molar-refractivity contribution in [2.45, 2.75) is 38.5 Å². The molecule has 0 spiro atoms. The summed E-state index contributed by atoms with van der Waals surface area (Å²) < 4.78 is 5.47. The Morgan fingerprint density at radius 1 is 1.57 bits per heavy atom. The minimum Gasteiger partial charge on any atom is -0.481 e. The maximum Gasteiger partial charge on any atom is 0.304 e. The lowest BCUT2D eigenvalue weighted by Crippen LogP contribution is -2.13. The van der Waals surface area contributed by atoms with Crippen LogP contribution in [-0.4, -0.2) is 16.1 Å². The zero-order valence-corrected chi connectivity index (χ0v) is 8.33. The van der Waals surface area contributed by atoms with Gasteiger partial charge in [0.2, 0.25) is 5.89 Å². The highest BCUT2D eigenvalue weighted by molar-refractivity contribution is 5.69. The fourth-order valence-corrected chi connectivity index (χ4v) is 1.61. The molecule has 1 fully saturated rings. The Morgan fingerprint density at radius 2 is 2.21 bits per heavy atom. The standard InChI is InChI=1S/C10H13NO3/c1-6-7(2)14-9(11-6)10(3-4-10)5-8(12)13/h3-5H2,1-2H3,(H,12,13). The normalized spacial score (nSPS) is 18.1. The van der Waals surface area contributed by atoms with Crippen LogP contribution in [0.1, 0.15) is 36.6 Å². The number of aryl methyl sites for hydroxylation is 2. The van der Waals surface area contributed by atoms with Crippen molar-refractivity contribution in [1.82, 2.24) is 4.98 Å². The molecule has 0 saturated heterocycles. The van der Waals surface area contributed by atoms with Gasteiger partial charge in [0.1, 0.15) is 5.76 Å². The van der Waals surface area contributed by atoms with E-state index in [1.165, 1.54) is 0 Å². The quantitative estimate of drug-likeness (QED) is 0.798. The van der Waals surface area contributed by atoms with Gasteiger partial charge in [-0.2, -0.15) is 0 Å². The smallest absolute Gasteiger partial charge is 0.304 e. The molecule has 1 heterocycles.